The monoisotopic (exact) mass is 435 g/mol. The first-order chi connectivity index (χ1) is 11.9. The number of halogens is 8. The minimum absolute atomic E-state index is 0.192. The zero-order chi connectivity index (χ0) is 19.9. The van der Waals surface area contributed by atoms with E-state index in [1.807, 2.05) is 0 Å². The van der Waals surface area contributed by atoms with Crippen molar-refractivity contribution in [3.8, 4) is 11.8 Å². The van der Waals surface area contributed by atoms with Gasteiger partial charge < -0.3 is 0 Å². The zero-order valence-corrected chi connectivity index (χ0v) is 14.4. The van der Waals surface area contributed by atoms with Crippen LogP contribution in [0.4, 0.5) is 26.3 Å². The molecule has 26 heavy (non-hydrogen) atoms. The quantitative estimate of drug-likeness (QED) is 0.514. The molecule has 0 fully saturated rings. The lowest BCUT2D eigenvalue weighted by atomic mass is 10.1. The van der Waals surface area contributed by atoms with E-state index in [2.05, 4.69) is 5.10 Å². The van der Waals surface area contributed by atoms with Crippen LogP contribution in [-0.4, -0.2) is 19.5 Å². The van der Waals surface area contributed by atoms with Gasteiger partial charge in [-0.25, -0.2) is 8.89 Å². The Balaban J connectivity index is 2.69. The Labute approximate surface area is 154 Å². The summed E-state index contributed by atoms with van der Waals surface area (Å²) in [7, 11) is -3.56. The Hall–Kier alpha value is -1.77. The highest BCUT2D eigenvalue weighted by molar-refractivity contribution is 7.86. The first kappa shape index (κ1) is 20.5. The predicted molar refractivity (Wildman–Crippen MR) is 80.3 cm³/mol. The maximum absolute atomic E-state index is 12.8. The van der Waals surface area contributed by atoms with E-state index in [0.717, 1.165) is 0 Å². The molecule has 1 atom stereocenters. The smallest absolute Gasteiger partial charge is 0.245 e. The average Bonchev–Trinajstić information content (AvgIpc) is 2.94. The first-order valence-electron chi connectivity index (χ1n) is 6.34. The number of rotatable bonds is 3. The van der Waals surface area contributed by atoms with Crippen molar-refractivity contribution in [1.29, 1.82) is 5.26 Å². The number of nitrogens with zero attached hydrogens (tertiary/aromatic N) is 3. The van der Waals surface area contributed by atoms with Gasteiger partial charge >= 0.3 is 11.7 Å². The van der Waals surface area contributed by atoms with Crippen molar-refractivity contribution in [1.82, 2.24) is 9.78 Å². The summed E-state index contributed by atoms with van der Waals surface area (Å²) in [6.45, 7) is 0. The molecule has 0 spiro atoms. The summed E-state index contributed by atoms with van der Waals surface area (Å²) in [6.07, 6.45) is -4.11. The van der Waals surface area contributed by atoms with Gasteiger partial charge in [-0.05, 0) is 17.7 Å². The van der Waals surface area contributed by atoms with Gasteiger partial charge in [0.2, 0.25) is 0 Å². The summed E-state index contributed by atoms with van der Waals surface area (Å²) in [4.78, 5) is -0.948. The van der Waals surface area contributed by atoms with Crippen molar-refractivity contribution >= 4 is 34.0 Å². The van der Waals surface area contributed by atoms with Crippen molar-refractivity contribution in [3.05, 3.63) is 40.2 Å². The lowest BCUT2D eigenvalue weighted by Crippen LogP contribution is -2.16. The van der Waals surface area contributed by atoms with Crippen LogP contribution in [0.3, 0.4) is 0 Å². The van der Waals surface area contributed by atoms with Gasteiger partial charge in [0.15, 0.2) is 16.5 Å². The van der Waals surface area contributed by atoms with Crippen LogP contribution < -0.4 is 0 Å². The molecule has 1 aromatic carbocycles. The normalized spacial score (nSPS) is 13.5. The van der Waals surface area contributed by atoms with E-state index in [4.69, 9.17) is 28.5 Å². The molecule has 13 heteroatoms. The lowest BCUT2D eigenvalue weighted by Gasteiger charge is -2.14. The molecule has 0 bridgehead atoms. The van der Waals surface area contributed by atoms with E-state index >= 15 is 0 Å². The molecule has 140 valence electrons. The van der Waals surface area contributed by atoms with Crippen LogP contribution in [0.2, 0.25) is 5.02 Å². The highest BCUT2D eigenvalue weighted by atomic mass is 35.5. The van der Waals surface area contributed by atoms with Gasteiger partial charge in [-0.2, -0.15) is 36.7 Å². The van der Waals surface area contributed by atoms with Crippen LogP contribution >= 0.6 is 23.2 Å². The van der Waals surface area contributed by atoms with Crippen LogP contribution in [-0.2, 0) is 22.9 Å². The molecule has 0 saturated heterocycles. The third-order valence-electron chi connectivity index (χ3n) is 3.04. The van der Waals surface area contributed by atoms with E-state index in [0.29, 0.717) is 23.0 Å². The van der Waals surface area contributed by atoms with Crippen LogP contribution in [0, 0.1) is 11.3 Å². The third kappa shape index (κ3) is 3.97. The molecule has 0 saturated carbocycles. The highest BCUT2D eigenvalue weighted by Gasteiger charge is 2.41. The minimum Gasteiger partial charge on any atom is -0.245 e. The van der Waals surface area contributed by atoms with Crippen molar-refractivity contribution in [2.75, 3.05) is 0 Å². The molecule has 1 heterocycles. The van der Waals surface area contributed by atoms with E-state index < -0.39 is 49.5 Å². The second-order valence-electron chi connectivity index (χ2n) is 4.71. The van der Waals surface area contributed by atoms with Crippen molar-refractivity contribution in [3.63, 3.8) is 0 Å². The second-order valence-corrected chi connectivity index (χ2v) is 6.82. The van der Waals surface area contributed by atoms with E-state index in [9.17, 15) is 30.6 Å². The van der Waals surface area contributed by atoms with Crippen molar-refractivity contribution in [2.45, 2.75) is 22.5 Å². The van der Waals surface area contributed by atoms with Gasteiger partial charge in [-0.15, -0.1) is 11.6 Å². The number of hydrogen-bond acceptors (Lipinski definition) is 3. The molecule has 0 radical (unpaired) electrons. The maximum Gasteiger partial charge on any atom is 0.476 e. The Bertz CT molecular complexity index is 916. The fourth-order valence-electron chi connectivity index (χ4n) is 1.99. The van der Waals surface area contributed by atoms with Crippen LogP contribution in [0.15, 0.2) is 23.2 Å². The number of benzene rings is 1. The summed E-state index contributed by atoms with van der Waals surface area (Å²) in [6, 6.07) is 2.55. The Morgan fingerprint density at radius 2 is 1.85 bits per heavy atom. The average molecular weight is 436 g/mol. The van der Waals surface area contributed by atoms with Crippen molar-refractivity contribution < 1.29 is 30.6 Å². The number of aromatic nitrogens is 2. The highest BCUT2D eigenvalue weighted by Crippen LogP contribution is 2.37. The molecule has 1 unspecified atom stereocenters. The number of hydrogen-bond donors (Lipinski definition) is 0. The predicted octanol–water partition coefficient (Wildman–Crippen LogP) is 4.78. The Kier molecular flexibility index (Phi) is 5.60. The summed E-state index contributed by atoms with van der Waals surface area (Å²) in [5.74, 6) is -0.474. The van der Waals surface area contributed by atoms with E-state index in [1.165, 1.54) is 6.07 Å². The lowest BCUT2D eigenvalue weighted by molar-refractivity contribution is -0.137. The third-order valence-corrected chi connectivity index (χ3v) is 4.73. The summed E-state index contributed by atoms with van der Waals surface area (Å²) < 4.78 is 88.6. The second kappa shape index (κ2) is 7.09. The van der Waals surface area contributed by atoms with Crippen molar-refractivity contribution in [2.24, 2.45) is 0 Å². The number of nitriles is 1. The summed E-state index contributed by atoms with van der Waals surface area (Å²) >= 11 is 11.4. The topological polar surface area (TPSA) is 58.7 Å². The standard InChI is InChI=1S/C13H5Cl2F6N3OS/c14-3-6-1-7(12(16,17)18)2-8(15)11(6)24-5-10(9(4-22)23-24)26(25)13(19,20)21/h1-2,5H,3H2. The molecule has 1 aromatic heterocycles. The van der Waals surface area contributed by atoms with Gasteiger partial charge in [-0.3, -0.25) is 0 Å². The van der Waals surface area contributed by atoms with Crippen LogP contribution in [0.5, 0.6) is 0 Å². The Morgan fingerprint density at radius 1 is 1.23 bits per heavy atom. The fraction of sp³-hybridized carbons (Fsp3) is 0.231. The minimum atomic E-state index is -5.15. The molecule has 0 N–H and O–H groups in total. The van der Waals surface area contributed by atoms with Gasteiger partial charge in [0.25, 0.3) is 0 Å². The molecule has 4 nitrogen and oxygen atoms in total. The molecule has 0 aliphatic heterocycles. The molecule has 0 amide bonds. The largest absolute Gasteiger partial charge is 0.476 e. The van der Waals surface area contributed by atoms with E-state index in [-0.39, 0.29) is 11.3 Å². The van der Waals surface area contributed by atoms with Gasteiger partial charge in [0.1, 0.15) is 11.0 Å². The summed E-state index contributed by atoms with van der Waals surface area (Å²) in [5, 5.41) is 11.9. The number of alkyl halides is 7. The zero-order valence-electron chi connectivity index (χ0n) is 12.1. The first-order valence-corrected chi connectivity index (χ1v) is 8.40. The molecular formula is C13H5Cl2F6N3OS. The SMILES string of the molecule is N#Cc1nn(-c2c(Cl)cc(C(F)(F)F)cc2CCl)cc1S(=O)C(F)(F)F. The van der Waals surface area contributed by atoms with Gasteiger partial charge in [0, 0.05) is 12.1 Å². The molecule has 0 aliphatic rings. The fourth-order valence-corrected chi connectivity index (χ4v) is 3.22. The summed E-state index contributed by atoms with van der Waals surface area (Å²) in [5.41, 5.74) is -7.52. The van der Waals surface area contributed by atoms with Crippen LogP contribution in [0.25, 0.3) is 5.69 Å². The van der Waals surface area contributed by atoms with Crippen LogP contribution in [0.1, 0.15) is 16.8 Å². The van der Waals surface area contributed by atoms with E-state index in [1.54, 1.807) is 0 Å². The molecule has 0 aliphatic carbocycles. The molecule has 2 aromatic rings. The molecular weight excluding hydrogens is 431 g/mol. The van der Waals surface area contributed by atoms with Gasteiger partial charge in [-0.1, -0.05) is 11.6 Å². The Morgan fingerprint density at radius 3 is 2.31 bits per heavy atom. The maximum atomic E-state index is 12.8. The van der Waals surface area contributed by atoms with Gasteiger partial charge in [0.05, 0.1) is 16.3 Å². The molecule has 2 rings (SSSR count).